The molecule has 1 N–H and O–H groups in total. The van der Waals surface area contributed by atoms with Gasteiger partial charge < -0.3 is 5.32 Å². The van der Waals surface area contributed by atoms with Crippen LogP contribution in [0.2, 0.25) is 0 Å². The first-order valence-corrected chi connectivity index (χ1v) is 9.25. The summed E-state index contributed by atoms with van der Waals surface area (Å²) in [5.41, 5.74) is 0. The predicted molar refractivity (Wildman–Crippen MR) is 80.7 cm³/mol. The Kier molecular flexibility index (Phi) is 7.32. The van der Waals surface area contributed by atoms with Crippen LogP contribution in [-0.4, -0.2) is 44.7 Å². The number of rotatable bonds is 8. The molecule has 0 aromatic heterocycles. The van der Waals surface area contributed by atoms with Crippen LogP contribution in [0.25, 0.3) is 0 Å². The molecular formula is C14H30N2O2S. The van der Waals surface area contributed by atoms with Crippen molar-refractivity contribution in [1.29, 1.82) is 0 Å². The van der Waals surface area contributed by atoms with Crippen LogP contribution in [0.15, 0.2) is 0 Å². The minimum atomic E-state index is -3.01. The molecule has 0 spiro atoms. The summed E-state index contributed by atoms with van der Waals surface area (Å²) in [7, 11) is -3.01. The zero-order chi connectivity index (χ0) is 14.3. The summed E-state index contributed by atoms with van der Waals surface area (Å²) in [6.45, 7) is 9.82. The Balaban J connectivity index is 2.32. The van der Waals surface area contributed by atoms with Gasteiger partial charge in [-0.1, -0.05) is 20.8 Å². The lowest BCUT2D eigenvalue weighted by Crippen LogP contribution is -2.41. The lowest BCUT2D eigenvalue weighted by Gasteiger charge is -2.31. The van der Waals surface area contributed by atoms with Gasteiger partial charge in [0.15, 0.2) is 0 Å². The topological polar surface area (TPSA) is 49.4 Å². The van der Waals surface area contributed by atoms with Gasteiger partial charge in [0.25, 0.3) is 0 Å². The summed E-state index contributed by atoms with van der Waals surface area (Å²) in [6, 6.07) is 0. The van der Waals surface area contributed by atoms with Crippen molar-refractivity contribution in [3.05, 3.63) is 0 Å². The molecule has 0 saturated carbocycles. The second kappa shape index (κ2) is 8.22. The Morgan fingerprint density at radius 3 is 2.42 bits per heavy atom. The molecule has 1 aliphatic rings. The fourth-order valence-electron chi connectivity index (χ4n) is 2.39. The minimum absolute atomic E-state index is 0.309. The van der Waals surface area contributed by atoms with Crippen LogP contribution >= 0.6 is 0 Å². The molecular weight excluding hydrogens is 260 g/mol. The van der Waals surface area contributed by atoms with Crippen molar-refractivity contribution in [2.45, 2.75) is 46.5 Å². The van der Waals surface area contributed by atoms with Gasteiger partial charge in [0, 0.05) is 13.1 Å². The smallest absolute Gasteiger partial charge is 0.214 e. The zero-order valence-electron chi connectivity index (χ0n) is 12.7. The van der Waals surface area contributed by atoms with E-state index in [4.69, 9.17) is 0 Å². The lowest BCUT2D eigenvalue weighted by atomic mass is 9.98. The third kappa shape index (κ3) is 6.23. The Morgan fingerprint density at radius 1 is 1.26 bits per heavy atom. The van der Waals surface area contributed by atoms with Gasteiger partial charge >= 0.3 is 0 Å². The molecule has 1 saturated heterocycles. The Labute approximate surface area is 119 Å². The number of nitrogens with zero attached hydrogens (tertiary/aromatic N) is 1. The molecule has 0 amide bonds. The first-order chi connectivity index (χ1) is 8.95. The van der Waals surface area contributed by atoms with E-state index in [9.17, 15) is 8.42 Å². The maximum absolute atomic E-state index is 12.2. The Bertz CT molecular complexity index is 333. The minimum Gasteiger partial charge on any atom is -0.316 e. The van der Waals surface area contributed by atoms with E-state index in [1.54, 1.807) is 4.31 Å². The monoisotopic (exact) mass is 290 g/mol. The van der Waals surface area contributed by atoms with Gasteiger partial charge in [0.2, 0.25) is 10.0 Å². The fourth-order valence-corrected chi connectivity index (χ4v) is 4.18. The second-order valence-electron chi connectivity index (χ2n) is 6.05. The number of hydrogen-bond donors (Lipinski definition) is 1. The SMILES string of the molecule is CCCNCC1CCN(S(=O)(=O)CCC(C)C)CC1. The average Bonchev–Trinajstić information content (AvgIpc) is 2.37. The second-order valence-corrected chi connectivity index (χ2v) is 8.13. The normalized spacial score (nSPS) is 19.2. The molecule has 1 rings (SSSR count). The summed E-state index contributed by atoms with van der Waals surface area (Å²) in [4.78, 5) is 0. The van der Waals surface area contributed by atoms with Gasteiger partial charge in [0.1, 0.15) is 0 Å². The van der Waals surface area contributed by atoms with E-state index in [0.717, 1.165) is 38.8 Å². The number of piperidine rings is 1. The lowest BCUT2D eigenvalue weighted by molar-refractivity contribution is 0.267. The molecule has 5 heteroatoms. The molecule has 0 unspecified atom stereocenters. The first-order valence-electron chi connectivity index (χ1n) is 7.64. The third-order valence-corrected chi connectivity index (χ3v) is 5.68. The quantitative estimate of drug-likeness (QED) is 0.696. The van der Waals surface area contributed by atoms with E-state index >= 15 is 0 Å². The summed E-state index contributed by atoms with van der Waals surface area (Å²) in [5.74, 6) is 1.40. The van der Waals surface area contributed by atoms with E-state index in [2.05, 4.69) is 26.1 Å². The molecule has 1 heterocycles. The van der Waals surface area contributed by atoms with Crippen LogP contribution in [0.5, 0.6) is 0 Å². The van der Waals surface area contributed by atoms with Crippen molar-refractivity contribution < 1.29 is 8.42 Å². The van der Waals surface area contributed by atoms with Crippen molar-refractivity contribution in [1.82, 2.24) is 9.62 Å². The molecule has 0 aromatic rings. The molecule has 0 aromatic carbocycles. The molecule has 4 nitrogen and oxygen atoms in total. The van der Waals surface area contributed by atoms with Crippen molar-refractivity contribution in [3.63, 3.8) is 0 Å². The van der Waals surface area contributed by atoms with Crippen LogP contribution in [0, 0.1) is 11.8 Å². The van der Waals surface area contributed by atoms with E-state index < -0.39 is 10.0 Å². The van der Waals surface area contributed by atoms with Crippen LogP contribution in [0.3, 0.4) is 0 Å². The van der Waals surface area contributed by atoms with Gasteiger partial charge in [0.05, 0.1) is 5.75 Å². The van der Waals surface area contributed by atoms with Gasteiger partial charge in [-0.2, -0.15) is 0 Å². The van der Waals surface area contributed by atoms with Crippen molar-refractivity contribution in [2.75, 3.05) is 31.9 Å². The molecule has 0 radical (unpaired) electrons. The van der Waals surface area contributed by atoms with E-state index in [-0.39, 0.29) is 0 Å². The summed E-state index contributed by atoms with van der Waals surface area (Å²) in [6.07, 6.45) is 3.91. The summed E-state index contributed by atoms with van der Waals surface area (Å²) < 4.78 is 26.0. The maximum Gasteiger partial charge on any atom is 0.214 e. The van der Waals surface area contributed by atoms with Crippen molar-refractivity contribution >= 4 is 10.0 Å². The highest BCUT2D eigenvalue weighted by atomic mass is 32.2. The van der Waals surface area contributed by atoms with Crippen LogP contribution in [0.4, 0.5) is 0 Å². The predicted octanol–water partition coefficient (Wildman–Crippen LogP) is 2.07. The molecule has 1 aliphatic heterocycles. The molecule has 0 bridgehead atoms. The molecule has 114 valence electrons. The van der Waals surface area contributed by atoms with Crippen LogP contribution in [-0.2, 0) is 10.0 Å². The van der Waals surface area contributed by atoms with Gasteiger partial charge in [-0.25, -0.2) is 12.7 Å². The van der Waals surface area contributed by atoms with Crippen molar-refractivity contribution in [3.8, 4) is 0 Å². The number of nitrogens with one attached hydrogen (secondary N) is 1. The Morgan fingerprint density at radius 2 is 1.89 bits per heavy atom. The van der Waals surface area contributed by atoms with E-state index in [0.29, 0.717) is 30.7 Å². The van der Waals surface area contributed by atoms with Gasteiger partial charge in [-0.05, 0) is 50.6 Å². The number of hydrogen-bond acceptors (Lipinski definition) is 3. The van der Waals surface area contributed by atoms with E-state index in [1.807, 2.05) is 0 Å². The molecule has 1 fully saturated rings. The maximum atomic E-state index is 12.2. The van der Waals surface area contributed by atoms with Crippen LogP contribution < -0.4 is 5.32 Å². The van der Waals surface area contributed by atoms with Crippen molar-refractivity contribution in [2.24, 2.45) is 11.8 Å². The third-order valence-electron chi connectivity index (χ3n) is 3.78. The summed E-state index contributed by atoms with van der Waals surface area (Å²) >= 11 is 0. The molecule has 0 aliphatic carbocycles. The largest absolute Gasteiger partial charge is 0.316 e. The highest BCUT2D eigenvalue weighted by molar-refractivity contribution is 7.89. The number of sulfonamides is 1. The fraction of sp³-hybridized carbons (Fsp3) is 1.00. The highest BCUT2D eigenvalue weighted by Crippen LogP contribution is 2.20. The molecule has 19 heavy (non-hydrogen) atoms. The van der Waals surface area contributed by atoms with Gasteiger partial charge in [-0.15, -0.1) is 0 Å². The Hall–Kier alpha value is -0.130. The summed E-state index contributed by atoms with van der Waals surface area (Å²) in [5, 5.41) is 3.43. The molecule has 0 atom stereocenters. The van der Waals surface area contributed by atoms with E-state index in [1.165, 1.54) is 0 Å². The average molecular weight is 290 g/mol. The highest BCUT2D eigenvalue weighted by Gasteiger charge is 2.27. The first kappa shape index (κ1) is 16.9. The zero-order valence-corrected chi connectivity index (χ0v) is 13.5. The van der Waals surface area contributed by atoms with Crippen LogP contribution in [0.1, 0.15) is 46.5 Å². The van der Waals surface area contributed by atoms with Gasteiger partial charge in [-0.3, -0.25) is 0 Å². The standard InChI is InChI=1S/C14H30N2O2S/c1-4-8-15-12-14-5-9-16(10-6-14)19(17,18)11-7-13(2)3/h13-15H,4-12H2,1-3H3.